The third-order valence-electron chi connectivity index (χ3n) is 3.93. The summed E-state index contributed by atoms with van der Waals surface area (Å²) in [4.78, 5) is 17.6. The molecular weight excluding hydrogens is 340 g/mol. The molecule has 1 amide bonds. The summed E-state index contributed by atoms with van der Waals surface area (Å²) in [7, 11) is 3.77. The van der Waals surface area contributed by atoms with E-state index >= 15 is 0 Å². The van der Waals surface area contributed by atoms with Crippen molar-refractivity contribution in [3.05, 3.63) is 59.7 Å². The van der Waals surface area contributed by atoms with Crippen LogP contribution in [0.1, 0.15) is 25.0 Å². The van der Waals surface area contributed by atoms with Crippen LogP contribution >= 0.6 is 0 Å². The predicted octanol–water partition coefficient (Wildman–Crippen LogP) is 3.25. The maximum absolute atomic E-state index is 11.2. The first-order valence-electron chi connectivity index (χ1n) is 9.02. The summed E-state index contributed by atoms with van der Waals surface area (Å²) in [5.41, 5.74) is 3.04. The van der Waals surface area contributed by atoms with Crippen molar-refractivity contribution in [2.24, 2.45) is 4.99 Å². The SMILES string of the molecule is CCOc1ccc(CN(C)C(=NC)NCc2cccc(NC(C)=O)c2)cc1. The van der Waals surface area contributed by atoms with E-state index in [-0.39, 0.29) is 5.91 Å². The lowest BCUT2D eigenvalue weighted by Crippen LogP contribution is -2.38. The molecule has 144 valence electrons. The lowest BCUT2D eigenvalue weighted by Gasteiger charge is -2.22. The van der Waals surface area contributed by atoms with Gasteiger partial charge < -0.3 is 20.3 Å². The molecule has 0 unspecified atom stereocenters. The minimum Gasteiger partial charge on any atom is -0.494 e. The van der Waals surface area contributed by atoms with Crippen LogP contribution in [-0.2, 0) is 17.9 Å². The Kier molecular flexibility index (Phi) is 7.67. The van der Waals surface area contributed by atoms with Crippen LogP contribution in [0.15, 0.2) is 53.5 Å². The Hall–Kier alpha value is -3.02. The van der Waals surface area contributed by atoms with Crippen molar-refractivity contribution in [2.75, 3.05) is 26.0 Å². The van der Waals surface area contributed by atoms with Crippen LogP contribution in [-0.4, -0.2) is 37.5 Å². The van der Waals surface area contributed by atoms with Crippen molar-refractivity contribution in [3.8, 4) is 5.75 Å². The van der Waals surface area contributed by atoms with E-state index in [2.05, 4.69) is 32.7 Å². The van der Waals surface area contributed by atoms with Crippen molar-refractivity contribution in [1.29, 1.82) is 0 Å². The Labute approximate surface area is 161 Å². The van der Waals surface area contributed by atoms with Gasteiger partial charge in [-0.1, -0.05) is 24.3 Å². The largest absolute Gasteiger partial charge is 0.494 e. The number of benzene rings is 2. The molecule has 27 heavy (non-hydrogen) atoms. The van der Waals surface area contributed by atoms with E-state index in [1.165, 1.54) is 12.5 Å². The Morgan fingerprint density at radius 3 is 2.52 bits per heavy atom. The van der Waals surface area contributed by atoms with Crippen molar-refractivity contribution < 1.29 is 9.53 Å². The monoisotopic (exact) mass is 368 g/mol. The molecule has 0 spiro atoms. The fraction of sp³-hybridized carbons (Fsp3) is 0.333. The van der Waals surface area contributed by atoms with Crippen LogP contribution < -0.4 is 15.4 Å². The summed E-state index contributed by atoms with van der Waals surface area (Å²) in [6.07, 6.45) is 0. The van der Waals surface area contributed by atoms with Crippen LogP contribution in [0.3, 0.4) is 0 Å². The van der Waals surface area contributed by atoms with E-state index in [1.54, 1.807) is 7.05 Å². The molecule has 2 aromatic rings. The van der Waals surface area contributed by atoms with Crippen LogP contribution in [0.5, 0.6) is 5.75 Å². The first kappa shape index (κ1) is 20.3. The van der Waals surface area contributed by atoms with Crippen molar-refractivity contribution in [2.45, 2.75) is 26.9 Å². The first-order valence-corrected chi connectivity index (χ1v) is 9.02. The molecular formula is C21H28N4O2. The molecule has 0 aliphatic heterocycles. The number of aliphatic imine (C=N–C) groups is 1. The molecule has 0 bridgehead atoms. The fourth-order valence-corrected chi connectivity index (χ4v) is 2.73. The van der Waals surface area contributed by atoms with E-state index in [4.69, 9.17) is 4.74 Å². The molecule has 0 fully saturated rings. The number of nitrogens with zero attached hydrogens (tertiary/aromatic N) is 2. The van der Waals surface area contributed by atoms with Crippen LogP contribution in [0.2, 0.25) is 0 Å². The maximum Gasteiger partial charge on any atom is 0.221 e. The highest BCUT2D eigenvalue weighted by atomic mass is 16.5. The molecule has 0 aliphatic carbocycles. The van der Waals surface area contributed by atoms with Gasteiger partial charge in [-0.05, 0) is 42.3 Å². The zero-order valence-corrected chi connectivity index (χ0v) is 16.5. The van der Waals surface area contributed by atoms with Gasteiger partial charge in [-0.15, -0.1) is 0 Å². The zero-order chi connectivity index (χ0) is 19.6. The maximum atomic E-state index is 11.2. The fourth-order valence-electron chi connectivity index (χ4n) is 2.73. The van der Waals surface area contributed by atoms with Gasteiger partial charge >= 0.3 is 0 Å². The Morgan fingerprint density at radius 2 is 1.89 bits per heavy atom. The minimum absolute atomic E-state index is 0.0778. The molecule has 6 heteroatoms. The number of amides is 1. The predicted molar refractivity (Wildman–Crippen MR) is 110 cm³/mol. The molecule has 0 saturated heterocycles. The third kappa shape index (κ3) is 6.66. The molecule has 0 heterocycles. The van der Waals surface area contributed by atoms with E-state index in [0.717, 1.165) is 29.5 Å². The van der Waals surface area contributed by atoms with Gasteiger partial charge in [-0.2, -0.15) is 0 Å². The van der Waals surface area contributed by atoms with Crippen molar-refractivity contribution in [1.82, 2.24) is 10.2 Å². The molecule has 0 saturated carbocycles. The summed E-state index contributed by atoms with van der Waals surface area (Å²) in [6, 6.07) is 15.8. The van der Waals surface area contributed by atoms with E-state index in [1.807, 2.05) is 50.4 Å². The molecule has 2 rings (SSSR count). The standard InChI is InChI=1S/C21H28N4O2/c1-5-27-20-11-9-17(10-12-20)15-25(4)21(22-3)23-14-18-7-6-8-19(13-18)24-16(2)26/h6-13H,5,14-15H2,1-4H3,(H,22,23)(H,24,26). The number of carbonyl (C=O) groups is 1. The number of guanidine groups is 1. The normalized spacial score (nSPS) is 11.0. The summed E-state index contributed by atoms with van der Waals surface area (Å²) in [6.45, 7) is 5.50. The molecule has 2 N–H and O–H groups in total. The van der Waals surface area contributed by atoms with Crippen molar-refractivity contribution in [3.63, 3.8) is 0 Å². The van der Waals surface area contributed by atoms with Gasteiger partial charge in [0.1, 0.15) is 5.75 Å². The first-order chi connectivity index (χ1) is 13.0. The summed E-state index contributed by atoms with van der Waals surface area (Å²) >= 11 is 0. The Morgan fingerprint density at radius 1 is 1.15 bits per heavy atom. The van der Waals surface area contributed by atoms with Gasteiger partial charge in [-0.3, -0.25) is 9.79 Å². The van der Waals surface area contributed by atoms with Crippen LogP contribution in [0.25, 0.3) is 0 Å². The molecule has 0 atom stereocenters. The molecule has 6 nitrogen and oxygen atoms in total. The second kappa shape index (κ2) is 10.2. The second-order valence-electron chi connectivity index (χ2n) is 6.22. The Bertz CT molecular complexity index is 772. The minimum atomic E-state index is -0.0778. The zero-order valence-electron chi connectivity index (χ0n) is 16.5. The number of nitrogens with one attached hydrogen (secondary N) is 2. The Balaban J connectivity index is 1.93. The van der Waals surface area contributed by atoms with Gasteiger partial charge in [0, 0.05) is 39.8 Å². The quantitative estimate of drug-likeness (QED) is 0.582. The highest BCUT2D eigenvalue weighted by Crippen LogP contribution is 2.14. The number of anilines is 1. The van der Waals surface area contributed by atoms with E-state index in [0.29, 0.717) is 13.2 Å². The lowest BCUT2D eigenvalue weighted by atomic mass is 10.2. The third-order valence-corrected chi connectivity index (χ3v) is 3.93. The lowest BCUT2D eigenvalue weighted by molar-refractivity contribution is -0.114. The number of hydrogen-bond acceptors (Lipinski definition) is 3. The van der Waals surface area contributed by atoms with Crippen molar-refractivity contribution >= 4 is 17.6 Å². The molecule has 0 aromatic heterocycles. The number of hydrogen-bond donors (Lipinski definition) is 2. The molecule has 0 aliphatic rings. The smallest absolute Gasteiger partial charge is 0.221 e. The summed E-state index contributed by atoms with van der Waals surface area (Å²) in [5.74, 6) is 1.60. The highest BCUT2D eigenvalue weighted by molar-refractivity contribution is 5.88. The van der Waals surface area contributed by atoms with Crippen LogP contribution in [0.4, 0.5) is 5.69 Å². The summed E-state index contributed by atoms with van der Waals surface area (Å²) in [5, 5.41) is 6.15. The van der Waals surface area contributed by atoms with Crippen LogP contribution in [0, 0.1) is 0 Å². The average molecular weight is 368 g/mol. The van der Waals surface area contributed by atoms with Gasteiger partial charge in [0.25, 0.3) is 0 Å². The van der Waals surface area contributed by atoms with E-state index in [9.17, 15) is 4.79 Å². The second-order valence-corrected chi connectivity index (χ2v) is 6.22. The van der Waals surface area contributed by atoms with Gasteiger partial charge in [-0.25, -0.2) is 0 Å². The van der Waals surface area contributed by atoms with Gasteiger partial charge in [0.2, 0.25) is 5.91 Å². The van der Waals surface area contributed by atoms with E-state index < -0.39 is 0 Å². The van der Waals surface area contributed by atoms with Gasteiger partial charge in [0.15, 0.2) is 5.96 Å². The summed E-state index contributed by atoms with van der Waals surface area (Å²) < 4.78 is 5.48. The van der Waals surface area contributed by atoms with Gasteiger partial charge in [0.05, 0.1) is 6.61 Å². The number of carbonyl (C=O) groups excluding carboxylic acids is 1. The highest BCUT2D eigenvalue weighted by Gasteiger charge is 2.07. The molecule has 2 aromatic carbocycles. The topological polar surface area (TPSA) is 66.0 Å². The number of ether oxygens (including phenoxy) is 1. The average Bonchev–Trinajstić information content (AvgIpc) is 2.64. The molecule has 0 radical (unpaired) electrons. The number of rotatable bonds is 7.